The number of para-hydroxylation sites is 1. The van der Waals surface area contributed by atoms with Gasteiger partial charge < -0.3 is 19.8 Å². The van der Waals surface area contributed by atoms with Crippen LogP contribution in [-0.4, -0.2) is 76.3 Å². The van der Waals surface area contributed by atoms with Crippen molar-refractivity contribution >= 4 is 28.6 Å². The molecule has 3 heterocycles. The third-order valence-electron chi connectivity index (χ3n) is 8.24. The molecule has 0 bridgehead atoms. The summed E-state index contributed by atoms with van der Waals surface area (Å²) in [7, 11) is 1.66. The van der Waals surface area contributed by atoms with Gasteiger partial charge in [0, 0.05) is 41.1 Å². The highest BCUT2D eigenvalue weighted by Crippen LogP contribution is 2.29. The van der Waals surface area contributed by atoms with Crippen molar-refractivity contribution in [2.24, 2.45) is 0 Å². The summed E-state index contributed by atoms with van der Waals surface area (Å²) in [6.07, 6.45) is 1.88. The second-order valence-corrected chi connectivity index (χ2v) is 12.4. The number of benzene rings is 3. The second-order valence-electron chi connectivity index (χ2n) is 11.3. The second kappa shape index (κ2) is 14.8. The lowest BCUT2D eigenvalue weighted by Gasteiger charge is -2.26. The van der Waals surface area contributed by atoms with Crippen LogP contribution in [0.15, 0.2) is 84.0 Å². The summed E-state index contributed by atoms with van der Waals surface area (Å²) < 4.78 is 13.0. The molecule has 0 saturated carbocycles. The molecular weight excluding hydrogens is 584 g/mol. The van der Waals surface area contributed by atoms with Gasteiger partial charge in [-0.05, 0) is 67.8 Å². The third kappa shape index (κ3) is 7.58. The van der Waals surface area contributed by atoms with Crippen LogP contribution in [0.4, 0.5) is 0 Å². The molecule has 9 nitrogen and oxygen atoms in total. The SMILES string of the molecule is COc1ccc(-n2c(SCCCN3CCOCC3)nnc2C(Cc2ccccc2)NC(=O)Cc2c(C)[nH]c3ccccc23)cc1. The maximum atomic E-state index is 13.8. The van der Waals surface area contributed by atoms with Crippen molar-refractivity contribution in [3.63, 3.8) is 0 Å². The molecule has 45 heavy (non-hydrogen) atoms. The zero-order chi connectivity index (χ0) is 31.0. The van der Waals surface area contributed by atoms with Crippen LogP contribution in [0.25, 0.3) is 16.6 Å². The van der Waals surface area contributed by atoms with Crippen LogP contribution < -0.4 is 10.1 Å². The molecule has 1 atom stereocenters. The molecular formula is C35H40N6O3S. The number of amides is 1. The van der Waals surface area contributed by atoms with Gasteiger partial charge in [0.1, 0.15) is 5.75 Å². The number of ether oxygens (including phenoxy) is 2. The molecule has 1 aliphatic rings. The number of hydrogen-bond donors (Lipinski definition) is 2. The molecule has 1 amide bonds. The van der Waals surface area contributed by atoms with Gasteiger partial charge in [0.25, 0.3) is 0 Å². The van der Waals surface area contributed by atoms with E-state index in [0.29, 0.717) is 12.2 Å². The number of aromatic nitrogens is 4. The molecule has 0 radical (unpaired) electrons. The Kier molecular flexibility index (Phi) is 10.1. The van der Waals surface area contributed by atoms with Crippen LogP contribution in [0.2, 0.25) is 0 Å². The number of methoxy groups -OCH3 is 1. The van der Waals surface area contributed by atoms with Gasteiger partial charge >= 0.3 is 0 Å². The summed E-state index contributed by atoms with van der Waals surface area (Å²) >= 11 is 1.69. The van der Waals surface area contributed by atoms with E-state index in [9.17, 15) is 4.79 Å². The Morgan fingerprint density at radius 3 is 2.56 bits per heavy atom. The van der Waals surface area contributed by atoms with E-state index in [1.54, 1.807) is 18.9 Å². The Morgan fingerprint density at radius 2 is 1.78 bits per heavy atom. The Bertz CT molecular complexity index is 1700. The number of thioether (sulfide) groups is 1. The molecule has 2 N–H and O–H groups in total. The molecule has 1 fully saturated rings. The fraction of sp³-hybridized carbons (Fsp3) is 0.343. The van der Waals surface area contributed by atoms with E-state index in [1.165, 1.54) is 0 Å². The third-order valence-corrected chi connectivity index (χ3v) is 9.25. The monoisotopic (exact) mass is 624 g/mol. The van der Waals surface area contributed by atoms with Gasteiger partial charge in [0.15, 0.2) is 11.0 Å². The molecule has 234 valence electrons. The number of rotatable bonds is 13. The normalized spacial score (nSPS) is 14.4. The summed E-state index contributed by atoms with van der Waals surface area (Å²) in [6, 6.07) is 25.8. The van der Waals surface area contributed by atoms with Crippen LogP contribution >= 0.6 is 11.8 Å². The number of carbonyl (C=O) groups excluding carboxylic acids is 1. The number of aryl methyl sites for hydroxylation is 1. The highest BCUT2D eigenvalue weighted by atomic mass is 32.2. The van der Waals surface area contributed by atoms with Gasteiger partial charge in [-0.2, -0.15) is 0 Å². The smallest absolute Gasteiger partial charge is 0.225 e. The fourth-order valence-corrected chi connectivity index (χ4v) is 6.76. The van der Waals surface area contributed by atoms with Crippen LogP contribution in [-0.2, 0) is 22.4 Å². The van der Waals surface area contributed by atoms with E-state index in [-0.39, 0.29) is 12.3 Å². The molecule has 1 unspecified atom stereocenters. The Balaban J connectivity index is 1.28. The van der Waals surface area contributed by atoms with Crippen molar-refractivity contribution in [2.45, 2.75) is 37.4 Å². The number of fused-ring (bicyclic) bond motifs is 1. The molecule has 2 aromatic heterocycles. The van der Waals surface area contributed by atoms with Crippen molar-refractivity contribution in [1.82, 2.24) is 30.0 Å². The van der Waals surface area contributed by atoms with Crippen LogP contribution in [0.1, 0.15) is 35.1 Å². The number of H-pyrrole nitrogens is 1. The zero-order valence-corrected chi connectivity index (χ0v) is 26.7. The van der Waals surface area contributed by atoms with Crippen LogP contribution in [0.3, 0.4) is 0 Å². The minimum absolute atomic E-state index is 0.0622. The van der Waals surface area contributed by atoms with Gasteiger partial charge in [-0.3, -0.25) is 14.3 Å². The first kappa shape index (κ1) is 30.9. The summed E-state index contributed by atoms with van der Waals surface area (Å²) in [5.41, 5.74) is 5.08. The predicted molar refractivity (Wildman–Crippen MR) is 178 cm³/mol. The van der Waals surface area contributed by atoms with E-state index in [1.807, 2.05) is 67.6 Å². The minimum Gasteiger partial charge on any atom is -0.497 e. The quantitative estimate of drug-likeness (QED) is 0.132. The van der Waals surface area contributed by atoms with Gasteiger partial charge in [-0.25, -0.2) is 0 Å². The molecule has 5 aromatic rings. The van der Waals surface area contributed by atoms with Crippen LogP contribution in [0, 0.1) is 6.92 Å². The summed E-state index contributed by atoms with van der Waals surface area (Å²) in [5, 5.41) is 14.6. The molecule has 1 saturated heterocycles. The number of aromatic amines is 1. The zero-order valence-electron chi connectivity index (χ0n) is 25.9. The van der Waals surface area contributed by atoms with Crippen molar-refractivity contribution < 1.29 is 14.3 Å². The van der Waals surface area contributed by atoms with Crippen molar-refractivity contribution in [3.05, 3.63) is 102 Å². The first-order valence-corrected chi connectivity index (χ1v) is 16.5. The van der Waals surface area contributed by atoms with Gasteiger partial charge in [0.05, 0.1) is 32.8 Å². The molecule has 0 spiro atoms. The molecule has 6 rings (SSSR count). The Morgan fingerprint density at radius 1 is 1.02 bits per heavy atom. The maximum Gasteiger partial charge on any atom is 0.225 e. The molecule has 1 aliphatic heterocycles. The van der Waals surface area contributed by atoms with E-state index >= 15 is 0 Å². The van der Waals surface area contributed by atoms with Gasteiger partial charge in [0.2, 0.25) is 5.91 Å². The topological polar surface area (TPSA) is 97.3 Å². The van der Waals surface area contributed by atoms with Gasteiger partial charge in [-0.15, -0.1) is 10.2 Å². The highest BCUT2D eigenvalue weighted by molar-refractivity contribution is 7.99. The number of morpholine rings is 1. The highest BCUT2D eigenvalue weighted by Gasteiger charge is 2.26. The lowest BCUT2D eigenvalue weighted by molar-refractivity contribution is -0.121. The molecule has 10 heteroatoms. The summed E-state index contributed by atoms with van der Waals surface area (Å²) in [4.78, 5) is 19.6. The fourth-order valence-electron chi connectivity index (χ4n) is 5.88. The van der Waals surface area contributed by atoms with Gasteiger partial charge in [-0.1, -0.05) is 60.3 Å². The van der Waals surface area contributed by atoms with E-state index < -0.39 is 6.04 Å². The predicted octanol–water partition coefficient (Wildman–Crippen LogP) is 5.52. The maximum absolute atomic E-state index is 13.8. The van der Waals surface area contributed by atoms with Crippen molar-refractivity contribution in [2.75, 3.05) is 45.7 Å². The summed E-state index contributed by atoms with van der Waals surface area (Å²) in [6.45, 7) is 6.62. The minimum atomic E-state index is -0.400. The first-order chi connectivity index (χ1) is 22.1. The number of carbonyl (C=O) groups is 1. The Hall–Kier alpha value is -4.12. The average molecular weight is 625 g/mol. The van der Waals surface area contributed by atoms with Crippen molar-refractivity contribution in [1.29, 1.82) is 0 Å². The molecule has 0 aliphatic carbocycles. The molecule has 3 aromatic carbocycles. The lowest BCUT2D eigenvalue weighted by Crippen LogP contribution is -2.37. The number of hydrogen-bond acceptors (Lipinski definition) is 7. The number of nitrogens with zero attached hydrogens (tertiary/aromatic N) is 4. The summed E-state index contributed by atoms with van der Waals surface area (Å²) in [5.74, 6) is 2.31. The number of nitrogens with one attached hydrogen (secondary N) is 2. The van der Waals surface area contributed by atoms with Crippen molar-refractivity contribution in [3.8, 4) is 11.4 Å². The van der Waals surface area contributed by atoms with E-state index in [4.69, 9.17) is 14.6 Å². The largest absolute Gasteiger partial charge is 0.497 e. The van der Waals surface area contributed by atoms with Crippen LogP contribution in [0.5, 0.6) is 5.75 Å². The standard InChI is InChI=1S/C35H40N6O3S/c1-25-30(29-11-6-7-12-31(29)36-25)24-33(42)37-32(23-26-9-4-3-5-10-26)34-38-39-35(41(34)27-13-15-28(43-2)16-14-27)45-22-8-17-40-18-20-44-21-19-40/h3-7,9-16,32,36H,8,17-24H2,1-2H3,(H,37,42). The first-order valence-electron chi connectivity index (χ1n) is 15.5. The van der Waals surface area contributed by atoms with E-state index in [2.05, 4.69) is 43.1 Å². The van der Waals surface area contributed by atoms with E-state index in [0.717, 1.165) is 89.3 Å². The average Bonchev–Trinajstić information content (AvgIpc) is 3.64. The Labute approximate surface area is 268 Å². The lowest BCUT2D eigenvalue weighted by atomic mass is 10.0.